The Balaban J connectivity index is 1.98. The predicted octanol–water partition coefficient (Wildman–Crippen LogP) is 5.35. The Labute approximate surface area is 196 Å². The van der Waals surface area contributed by atoms with Gasteiger partial charge >= 0.3 is 5.97 Å². The molecule has 0 fully saturated rings. The Bertz CT molecular complexity index is 1210. The summed E-state index contributed by atoms with van der Waals surface area (Å²) in [6, 6.07) is 7.39. The van der Waals surface area contributed by atoms with Crippen LogP contribution in [0.2, 0.25) is 5.02 Å². The van der Waals surface area contributed by atoms with Crippen molar-refractivity contribution in [2.45, 2.75) is 40.2 Å². The van der Waals surface area contributed by atoms with Crippen LogP contribution in [0.5, 0.6) is 5.75 Å². The highest BCUT2D eigenvalue weighted by atomic mass is 35.5. The van der Waals surface area contributed by atoms with E-state index in [4.69, 9.17) is 21.1 Å². The first-order chi connectivity index (χ1) is 15.7. The standard InChI is InChI=1S/C24H27ClFN3O4/c1-14(2)7-8-15(3)24(31)33-13-17-21(27-16-9-10-19(26)18(25)12-16)28-22-20(32-4)6-5-11-29(22)23(17)30/h5-6,9-12,14-15,27H,7-8,13H2,1-4H3. The van der Waals surface area contributed by atoms with Gasteiger partial charge < -0.3 is 14.8 Å². The average molecular weight is 476 g/mol. The lowest BCUT2D eigenvalue weighted by Crippen LogP contribution is -2.24. The first-order valence-electron chi connectivity index (χ1n) is 10.7. The number of esters is 1. The summed E-state index contributed by atoms with van der Waals surface area (Å²) in [5, 5.41) is 2.91. The van der Waals surface area contributed by atoms with Crippen LogP contribution in [-0.2, 0) is 16.1 Å². The Morgan fingerprint density at radius 1 is 1.24 bits per heavy atom. The summed E-state index contributed by atoms with van der Waals surface area (Å²) in [5.41, 5.74) is 0.425. The fourth-order valence-corrected chi connectivity index (χ4v) is 3.44. The Kier molecular flexibility index (Phi) is 7.92. The molecule has 2 heterocycles. The van der Waals surface area contributed by atoms with Crippen LogP contribution < -0.4 is 15.6 Å². The van der Waals surface area contributed by atoms with Crippen LogP contribution in [0, 0.1) is 17.7 Å². The average Bonchev–Trinajstić information content (AvgIpc) is 2.79. The zero-order valence-corrected chi connectivity index (χ0v) is 19.8. The zero-order chi connectivity index (χ0) is 24.1. The summed E-state index contributed by atoms with van der Waals surface area (Å²) < 4.78 is 25.7. The first kappa shape index (κ1) is 24.5. The Morgan fingerprint density at radius 2 is 2.00 bits per heavy atom. The van der Waals surface area contributed by atoms with Gasteiger partial charge in [-0.25, -0.2) is 9.37 Å². The van der Waals surface area contributed by atoms with Gasteiger partial charge in [0.15, 0.2) is 11.4 Å². The molecule has 9 heteroatoms. The molecule has 0 aliphatic carbocycles. The number of hydrogen-bond donors (Lipinski definition) is 1. The number of anilines is 2. The van der Waals surface area contributed by atoms with Gasteiger partial charge in [-0.3, -0.25) is 14.0 Å². The van der Waals surface area contributed by atoms with E-state index in [0.29, 0.717) is 23.8 Å². The molecule has 33 heavy (non-hydrogen) atoms. The molecule has 0 saturated carbocycles. The van der Waals surface area contributed by atoms with Gasteiger partial charge in [0.25, 0.3) is 5.56 Å². The number of fused-ring (bicyclic) bond motifs is 1. The van der Waals surface area contributed by atoms with E-state index in [1.165, 1.54) is 29.7 Å². The number of ether oxygens (including phenoxy) is 2. The molecule has 7 nitrogen and oxygen atoms in total. The topological polar surface area (TPSA) is 81.9 Å². The molecular formula is C24H27ClFN3O4. The number of benzene rings is 1. The van der Waals surface area contributed by atoms with E-state index in [0.717, 1.165) is 6.42 Å². The molecule has 2 aromatic heterocycles. The maximum absolute atomic E-state index is 13.6. The zero-order valence-electron chi connectivity index (χ0n) is 19.0. The lowest BCUT2D eigenvalue weighted by atomic mass is 10.00. The van der Waals surface area contributed by atoms with Gasteiger partial charge in [-0.2, -0.15) is 0 Å². The van der Waals surface area contributed by atoms with Crippen LogP contribution in [-0.4, -0.2) is 22.5 Å². The summed E-state index contributed by atoms with van der Waals surface area (Å²) in [5.74, 6) is -0.226. The van der Waals surface area contributed by atoms with Crippen molar-refractivity contribution >= 4 is 34.7 Å². The van der Waals surface area contributed by atoms with Gasteiger partial charge in [-0.15, -0.1) is 0 Å². The largest absolute Gasteiger partial charge is 0.493 e. The molecule has 0 radical (unpaired) electrons. The van der Waals surface area contributed by atoms with Crippen molar-refractivity contribution in [1.29, 1.82) is 0 Å². The molecule has 0 aliphatic rings. The van der Waals surface area contributed by atoms with E-state index in [1.54, 1.807) is 25.3 Å². The predicted molar refractivity (Wildman–Crippen MR) is 126 cm³/mol. The molecule has 3 aromatic rings. The minimum atomic E-state index is -0.569. The van der Waals surface area contributed by atoms with Gasteiger partial charge in [-0.05, 0) is 42.7 Å². The molecular weight excluding hydrogens is 449 g/mol. The number of aromatic nitrogens is 2. The van der Waals surface area contributed by atoms with Crippen molar-refractivity contribution in [2.24, 2.45) is 11.8 Å². The highest BCUT2D eigenvalue weighted by Crippen LogP contribution is 2.26. The second kappa shape index (κ2) is 10.7. The third kappa shape index (κ3) is 5.82. The highest BCUT2D eigenvalue weighted by Gasteiger charge is 2.20. The molecule has 1 aromatic carbocycles. The van der Waals surface area contributed by atoms with Crippen LogP contribution in [0.3, 0.4) is 0 Å². The number of nitrogens with zero attached hydrogens (tertiary/aromatic N) is 2. The summed E-state index contributed by atoms with van der Waals surface area (Å²) in [7, 11) is 1.47. The van der Waals surface area contributed by atoms with Gasteiger partial charge in [-0.1, -0.05) is 38.8 Å². The number of rotatable bonds is 9. The molecule has 0 saturated heterocycles. The lowest BCUT2D eigenvalue weighted by Gasteiger charge is -2.16. The second-order valence-corrected chi connectivity index (χ2v) is 8.66. The van der Waals surface area contributed by atoms with Crippen LogP contribution in [0.1, 0.15) is 39.2 Å². The quantitative estimate of drug-likeness (QED) is 0.420. The fraction of sp³-hybridized carbons (Fsp3) is 0.375. The highest BCUT2D eigenvalue weighted by molar-refractivity contribution is 6.31. The minimum absolute atomic E-state index is 0.0814. The van der Waals surface area contributed by atoms with Gasteiger partial charge in [0.05, 0.1) is 23.6 Å². The maximum Gasteiger partial charge on any atom is 0.308 e. The van der Waals surface area contributed by atoms with Crippen molar-refractivity contribution in [3.8, 4) is 5.75 Å². The maximum atomic E-state index is 13.6. The van der Waals surface area contributed by atoms with E-state index in [2.05, 4.69) is 24.1 Å². The van der Waals surface area contributed by atoms with Crippen molar-refractivity contribution in [3.05, 3.63) is 63.3 Å². The minimum Gasteiger partial charge on any atom is -0.493 e. The van der Waals surface area contributed by atoms with Crippen molar-refractivity contribution in [3.63, 3.8) is 0 Å². The fourth-order valence-electron chi connectivity index (χ4n) is 3.26. The van der Waals surface area contributed by atoms with E-state index in [-0.39, 0.29) is 40.5 Å². The van der Waals surface area contributed by atoms with Gasteiger partial charge in [0.2, 0.25) is 0 Å². The summed E-state index contributed by atoms with van der Waals surface area (Å²) in [6.45, 7) is 5.72. The molecule has 0 bridgehead atoms. The Morgan fingerprint density at radius 3 is 2.67 bits per heavy atom. The van der Waals surface area contributed by atoms with E-state index in [1.807, 2.05) is 0 Å². The van der Waals surface area contributed by atoms with Crippen molar-refractivity contribution in [2.75, 3.05) is 12.4 Å². The molecule has 1 atom stereocenters. The summed E-state index contributed by atoms with van der Waals surface area (Å²) in [4.78, 5) is 30.3. The molecule has 0 amide bonds. The summed E-state index contributed by atoms with van der Waals surface area (Å²) in [6.07, 6.45) is 3.15. The monoisotopic (exact) mass is 475 g/mol. The number of methoxy groups -OCH3 is 1. The number of carbonyl (C=O) groups excluding carboxylic acids is 1. The van der Waals surface area contributed by atoms with Crippen molar-refractivity contribution in [1.82, 2.24) is 9.38 Å². The summed E-state index contributed by atoms with van der Waals surface area (Å²) >= 11 is 5.89. The van der Waals surface area contributed by atoms with E-state index in [9.17, 15) is 14.0 Å². The molecule has 176 valence electrons. The molecule has 3 rings (SSSR count). The van der Waals surface area contributed by atoms with Crippen molar-refractivity contribution < 1.29 is 18.7 Å². The third-order valence-corrected chi connectivity index (χ3v) is 5.54. The van der Waals surface area contributed by atoms with Gasteiger partial charge in [0, 0.05) is 11.9 Å². The van der Waals surface area contributed by atoms with E-state index < -0.39 is 11.4 Å². The number of halogens is 2. The lowest BCUT2D eigenvalue weighted by molar-refractivity contribution is -0.149. The van der Waals surface area contributed by atoms with Crippen LogP contribution in [0.4, 0.5) is 15.9 Å². The van der Waals surface area contributed by atoms with Crippen LogP contribution >= 0.6 is 11.6 Å². The number of nitrogens with one attached hydrogen (secondary N) is 1. The van der Waals surface area contributed by atoms with E-state index >= 15 is 0 Å². The SMILES string of the molecule is COc1cccn2c(=O)c(COC(=O)C(C)CCC(C)C)c(Nc3ccc(F)c(Cl)c3)nc12. The molecule has 0 aliphatic heterocycles. The smallest absolute Gasteiger partial charge is 0.308 e. The number of pyridine rings is 1. The number of hydrogen-bond acceptors (Lipinski definition) is 6. The normalized spacial score (nSPS) is 12.1. The molecule has 1 N–H and O–H groups in total. The molecule has 0 spiro atoms. The third-order valence-electron chi connectivity index (χ3n) is 5.25. The van der Waals surface area contributed by atoms with Crippen LogP contribution in [0.15, 0.2) is 41.3 Å². The van der Waals surface area contributed by atoms with Gasteiger partial charge in [0.1, 0.15) is 18.2 Å². The Hall–Kier alpha value is -3.13. The number of carbonyl (C=O) groups is 1. The van der Waals surface area contributed by atoms with Crippen LogP contribution in [0.25, 0.3) is 5.65 Å². The second-order valence-electron chi connectivity index (χ2n) is 8.25. The molecule has 1 unspecified atom stereocenters. The first-order valence-corrected chi connectivity index (χ1v) is 11.1.